The number of nitrogens with zero attached hydrogens (tertiary/aromatic N) is 3. The molecule has 0 N–H and O–H groups in total. The van der Waals surface area contributed by atoms with E-state index in [1.165, 1.54) is 4.90 Å². The van der Waals surface area contributed by atoms with E-state index < -0.39 is 5.54 Å². The van der Waals surface area contributed by atoms with E-state index in [0.717, 1.165) is 18.4 Å². The van der Waals surface area contributed by atoms with Crippen molar-refractivity contribution in [3.63, 3.8) is 0 Å². The molecular weight excluding hydrogens is 318 g/mol. The smallest absolute Gasteiger partial charge is 0.327 e. The molecule has 2 atom stereocenters. The standard InChI is InChI=1S/C19H23N3O3/c1-19-9-5-10-21(19)18(25)22(17(19)24)15-8-11-20(13-15)16(23)12-14-6-3-2-4-7-14/h2-4,6-7,15H,5,8-13H2,1H3/t15-,19+/m0/s1. The van der Waals surface area contributed by atoms with Crippen LogP contribution >= 0.6 is 0 Å². The summed E-state index contributed by atoms with van der Waals surface area (Å²) in [4.78, 5) is 43.0. The summed E-state index contributed by atoms with van der Waals surface area (Å²) in [6, 6.07) is 9.28. The summed E-state index contributed by atoms with van der Waals surface area (Å²) in [5.41, 5.74) is 0.316. The van der Waals surface area contributed by atoms with Crippen LogP contribution < -0.4 is 0 Å². The minimum Gasteiger partial charge on any atom is -0.340 e. The number of benzene rings is 1. The third-order valence-corrected chi connectivity index (χ3v) is 5.84. The topological polar surface area (TPSA) is 60.9 Å². The number of carbonyl (C=O) groups excluding carboxylic acids is 3. The first-order valence-electron chi connectivity index (χ1n) is 8.98. The molecule has 0 bridgehead atoms. The normalized spacial score (nSPS) is 28.8. The molecule has 3 aliphatic rings. The number of fused-ring (bicyclic) bond motifs is 1. The summed E-state index contributed by atoms with van der Waals surface area (Å²) >= 11 is 0. The molecule has 3 saturated heterocycles. The van der Waals surface area contributed by atoms with Crippen LogP contribution in [0.4, 0.5) is 4.79 Å². The summed E-state index contributed by atoms with van der Waals surface area (Å²) in [6.45, 7) is 3.58. The highest BCUT2D eigenvalue weighted by Crippen LogP contribution is 2.39. The number of urea groups is 1. The number of carbonyl (C=O) groups is 3. The molecule has 1 aromatic carbocycles. The molecular formula is C19H23N3O3. The van der Waals surface area contributed by atoms with E-state index in [-0.39, 0.29) is 23.9 Å². The highest BCUT2D eigenvalue weighted by atomic mass is 16.2. The maximum atomic E-state index is 12.8. The monoisotopic (exact) mass is 341 g/mol. The predicted molar refractivity (Wildman–Crippen MR) is 91.7 cm³/mol. The minimum absolute atomic E-state index is 0.0551. The van der Waals surface area contributed by atoms with Crippen LogP contribution in [-0.4, -0.2) is 63.8 Å². The maximum Gasteiger partial charge on any atom is 0.327 e. The summed E-state index contributed by atoms with van der Waals surface area (Å²) in [7, 11) is 0. The minimum atomic E-state index is -0.668. The highest BCUT2D eigenvalue weighted by Gasteiger charge is 2.58. The molecule has 132 valence electrons. The van der Waals surface area contributed by atoms with Gasteiger partial charge in [-0.25, -0.2) is 4.79 Å². The second-order valence-corrected chi connectivity index (χ2v) is 7.43. The molecule has 0 aromatic heterocycles. The Morgan fingerprint density at radius 1 is 1.20 bits per heavy atom. The van der Waals surface area contributed by atoms with Crippen LogP contribution in [-0.2, 0) is 16.0 Å². The first-order valence-corrected chi connectivity index (χ1v) is 8.98. The van der Waals surface area contributed by atoms with Gasteiger partial charge >= 0.3 is 6.03 Å². The molecule has 6 heteroatoms. The Hall–Kier alpha value is -2.37. The summed E-state index contributed by atoms with van der Waals surface area (Å²) in [5.74, 6) is -0.0307. The fraction of sp³-hybridized carbons (Fsp3) is 0.526. The zero-order valence-corrected chi connectivity index (χ0v) is 14.5. The zero-order chi connectivity index (χ0) is 17.6. The Morgan fingerprint density at radius 2 is 1.96 bits per heavy atom. The van der Waals surface area contributed by atoms with Crippen molar-refractivity contribution in [2.75, 3.05) is 19.6 Å². The number of rotatable bonds is 3. The Balaban J connectivity index is 1.43. The van der Waals surface area contributed by atoms with Crippen molar-refractivity contribution in [3.8, 4) is 0 Å². The molecule has 0 spiro atoms. The van der Waals surface area contributed by atoms with E-state index in [9.17, 15) is 14.4 Å². The van der Waals surface area contributed by atoms with Crippen molar-refractivity contribution in [1.29, 1.82) is 0 Å². The van der Waals surface area contributed by atoms with Crippen LogP contribution in [0.5, 0.6) is 0 Å². The van der Waals surface area contributed by atoms with Gasteiger partial charge < -0.3 is 9.80 Å². The molecule has 0 unspecified atom stereocenters. The second kappa shape index (κ2) is 5.86. The fourth-order valence-corrected chi connectivity index (χ4v) is 4.35. The number of likely N-dealkylation sites (tertiary alicyclic amines) is 1. The first kappa shape index (κ1) is 16.1. The van der Waals surface area contributed by atoms with Gasteiger partial charge in [-0.3, -0.25) is 14.5 Å². The van der Waals surface area contributed by atoms with Crippen LogP contribution in [0.3, 0.4) is 0 Å². The average molecular weight is 341 g/mol. The van der Waals surface area contributed by atoms with Crippen molar-refractivity contribution in [1.82, 2.24) is 14.7 Å². The lowest BCUT2D eigenvalue weighted by Gasteiger charge is -2.23. The van der Waals surface area contributed by atoms with E-state index in [2.05, 4.69) is 0 Å². The van der Waals surface area contributed by atoms with Gasteiger partial charge in [-0.15, -0.1) is 0 Å². The third-order valence-electron chi connectivity index (χ3n) is 5.84. The fourth-order valence-electron chi connectivity index (χ4n) is 4.35. The molecule has 3 heterocycles. The molecule has 3 aliphatic heterocycles. The van der Waals surface area contributed by atoms with Gasteiger partial charge in [0.1, 0.15) is 5.54 Å². The largest absolute Gasteiger partial charge is 0.340 e. The number of imide groups is 1. The summed E-state index contributed by atoms with van der Waals surface area (Å²) in [5, 5.41) is 0. The van der Waals surface area contributed by atoms with Gasteiger partial charge in [-0.2, -0.15) is 0 Å². The van der Waals surface area contributed by atoms with Gasteiger partial charge in [0.15, 0.2) is 0 Å². The van der Waals surface area contributed by atoms with Gasteiger partial charge in [-0.05, 0) is 31.7 Å². The molecule has 4 rings (SSSR count). The predicted octanol–water partition coefficient (Wildman–Crippen LogP) is 1.65. The molecule has 1 aromatic rings. The van der Waals surface area contributed by atoms with Crippen molar-refractivity contribution in [3.05, 3.63) is 35.9 Å². The quantitative estimate of drug-likeness (QED) is 0.786. The van der Waals surface area contributed by atoms with Crippen LogP contribution in [0.1, 0.15) is 31.7 Å². The number of hydrogen-bond donors (Lipinski definition) is 0. The number of amides is 4. The molecule has 0 saturated carbocycles. The average Bonchev–Trinajstić information content (AvgIpc) is 3.27. The van der Waals surface area contributed by atoms with Gasteiger partial charge in [0, 0.05) is 19.6 Å². The van der Waals surface area contributed by atoms with Gasteiger partial charge in [-0.1, -0.05) is 30.3 Å². The highest BCUT2D eigenvalue weighted by molar-refractivity contribution is 6.07. The Morgan fingerprint density at radius 3 is 2.68 bits per heavy atom. The van der Waals surface area contributed by atoms with E-state index in [0.29, 0.717) is 32.5 Å². The Bertz CT molecular complexity index is 720. The van der Waals surface area contributed by atoms with Crippen LogP contribution in [0, 0.1) is 0 Å². The van der Waals surface area contributed by atoms with E-state index in [1.807, 2.05) is 37.3 Å². The molecule has 6 nitrogen and oxygen atoms in total. The lowest BCUT2D eigenvalue weighted by Crippen LogP contribution is -2.45. The molecule has 4 amide bonds. The zero-order valence-electron chi connectivity index (χ0n) is 14.5. The molecule has 3 fully saturated rings. The lowest BCUT2D eigenvalue weighted by atomic mass is 9.99. The molecule has 0 radical (unpaired) electrons. The van der Waals surface area contributed by atoms with E-state index in [4.69, 9.17) is 0 Å². The van der Waals surface area contributed by atoms with Crippen molar-refractivity contribution in [2.24, 2.45) is 0 Å². The lowest BCUT2D eigenvalue weighted by molar-refractivity contribution is -0.134. The van der Waals surface area contributed by atoms with Crippen LogP contribution in [0.25, 0.3) is 0 Å². The Labute approximate surface area is 147 Å². The molecule has 25 heavy (non-hydrogen) atoms. The van der Waals surface area contributed by atoms with Gasteiger partial charge in [0.2, 0.25) is 5.91 Å². The summed E-state index contributed by atoms with van der Waals surface area (Å²) < 4.78 is 0. The SMILES string of the molecule is C[C@]12CCCN1C(=O)N([C@H]1CCN(C(=O)Cc3ccccc3)C1)C2=O. The number of hydrogen-bond acceptors (Lipinski definition) is 3. The van der Waals surface area contributed by atoms with Crippen LogP contribution in [0.15, 0.2) is 30.3 Å². The summed E-state index contributed by atoms with van der Waals surface area (Å²) in [6.07, 6.45) is 2.65. The first-order chi connectivity index (χ1) is 12.0. The van der Waals surface area contributed by atoms with Gasteiger partial charge in [0.05, 0.1) is 12.5 Å². The Kier molecular flexibility index (Phi) is 3.78. The third kappa shape index (κ3) is 2.51. The van der Waals surface area contributed by atoms with Crippen molar-refractivity contribution >= 4 is 17.8 Å². The molecule has 0 aliphatic carbocycles. The van der Waals surface area contributed by atoms with Gasteiger partial charge in [0.25, 0.3) is 5.91 Å². The van der Waals surface area contributed by atoms with Crippen molar-refractivity contribution in [2.45, 2.75) is 44.2 Å². The van der Waals surface area contributed by atoms with E-state index >= 15 is 0 Å². The maximum absolute atomic E-state index is 12.8. The second-order valence-electron chi connectivity index (χ2n) is 7.43. The van der Waals surface area contributed by atoms with E-state index in [1.54, 1.807) is 9.80 Å². The van der Waals surface area contributed by atoms with Crippen molar-refractivity contribution < 1.29 is 14.4 Å². The van der Waals surface area contributed by atoms with Crippen LogP contribution in [0.2, 0.25) is 0 Å².